The van der Waals surface area contributed by atoms with Gasteiger partial charge in [-0.15, -0.1) is 0 Å². The summed E-state index contributed by atoms with van der Waals surface area (Å²) in [5.74, 6) is 0.0504. The minimum atomic E-state index is -0.458. The Kier molecular flexibility index (Phi) is 6.07. The van der Waals surface area contributed by atoms with Gasteiger partial charge in [0.25, 0.3) is 0 Å². The Balaban J connectivity index is 1.92. The Hall–Kier alpha value is -2.17. The summed E-state index contributed by atoms with van der Waals surface area (Å²) in [6.45, 7) is 2.02. The van der Waals surface area contributed by atoms with E-state index in [0.717, 1.165) is 25.8 Å². The molecule has 0 saturated carbocycles. The molecule has 4 N–H and O–H groups in total. The Morgan fingerprint density at radius 2 is 1.62 bits per heavy atom. The summed E-state index contributed by atoms with van der Waals surface area (Å²) in [4.78, 5) is 14.9. The molecule has 2 aromatic carbocycles. The maximum absolute atomic E-state index is 12.9. The van der Waals surface area contributed by atoms with Crippen LogP contribution >= 0.6 is 0 Å². The number of benzene rings is 2. The van der Waals surface area contributed by atoms with Gasteiger partial charge in [0, 0.05) is 18.5 Å². The van der Waals surface area contributed by atoms with Gasteiger partial charge in [0.15, 0.2) is 0 Å². The summed E-state index contributed by atoms with van der Waals surface area (Å²) >= 11 is 0. The molecule has 4 nitrogen and oxygen atoms in total. The highest BCUT2D eigenvalue weighted by molar-refractivity contribution is 5.82. The molecule has 0 radical (unpaired) electrons. The summed E-state index contributed by atoms with van der Waals surface area (Å²) in [6, 6.07) is 20.6. The van der Waals surface area contributed by atoms with Gasteiger partial charge in [-0.2, -0.15) is 0 Å². The summed E-state index contributed by atoms with van der Waals surface area (Å²) in [5.41, 5.74) is 14.1. The van der Waals surface area contributed by atoms with Crippen molar-refractivity contribution in [3.8, 4) is 0 Å². The van der Waals surface area contributed by atoms with Crippen LogP contribution in [0.4, 0.5) is 0 Å². The average Bonchev–Trinajstić information content (AvgIpc) is 2.72. The van der Waals surface area contributed by atoms with Crippen LogP contribution < -0.4 is 11.5 Å². The molecule has 1 atom stereocenters. The number of carbonyl (C=O) groups is 1. The molecule has 26 heavy (non-hydrogen) atoms. The number of piperidine rings is 1. The molecule has 138 valence electrons. The molecule has 0 aliphatic carbocycles. The van der Waals surface area contributed by atoms with E-state index in [1.165, 1.54) is 11.1 Å². The topological polar surface area (TPSA) is 72.3 Å². The first-order valence-corrected chi connectivity index (χ1v) is 9.53. The second kappa shape index (κ2) is 8.47. The standard InChI is InChI=1S/C22H29N3O/c23-15-7-13-20(24)21(26)25-16-8-14-22(17-25,18-9-3-1-4-10-18)19-11-5-2-6-12-19/h1-6,9-12,20H,7-8,13-17,23-24H2. The van der Waals surface area contributed by atoms with Gasteiger partial charge in [0.05, 0.1) is 6.04 Å². The van der Waals surface area contributed by atoms with Crippen LogP contribution in [0, 0.1) is 0 Å². The predicted molar refractivity (Wildman–Crippen MR) is 106 cm³/mol. The normalized spacial score (nSPS) is 17.7. The van der Waals surface area contributed by atoms with Crippen molar-refractivity contribution in [1.82, 2.24) is 4.90 Å². The molecule has 3 rings (SSSR count). The summed E-state index contributed by atoms with van der Waals surface area (Å²) < 4.78 is 0. The van der Waals surface area contributed by atoms with Crippen LogP contribution in [0.1, 0.15) is 36.8 Å². The molecule has 1 aliphatic rings. The third-order valence-corrected chi connectivity index (χ3v) is 5.49. The van der Waals surface area contributed by atoms with Crippen LogP contribution in [0.25, 0.3) is 0 Å². The molecule has 0 aromatic heterocycles. The van der Waals surface area contributed by atoms with E-state index in [1.807, 2.05) is 17.0 Å². The molecule has 0 spiro atoms. The quantitative estimate of drug-likeness (QED) is 0.840. The van der Waals surface area contributed by atoms with Crippen molar-refractivity contribution < 1.29 is 4.79 Å². The molecule has 4 heteroatoms. The number of hydrogen-bond acceptors (Lipinski definition) is 3. The third kappa shape index (κ3) is 3.81. The highest BCUT2D eigenvalue weighted by Crippen LogP contribution is 2.40. The Morgan fingerprint density at radius 3 is 2.15 bits per heavy atom. The zero-order chi connectivity index (χ0) is 18.4. The Bertz CT molecular complexity index is 662. The maximum atomic E-state index is 12.9. The van der Waals surface area contributed by atoms with Crippen molar-refractivity contribution in [2.24, 2.45) is 11.5 Å². The highest BCUT2D eigenvalue weighted by Gasteiger charge is 2.40. The minimum absolute atomic E-state index is 0.0504. The van der Waals surface area contributed by atoms with Gasteiger partial charge >= 0.3 is 0 Å². The van der Waals surface area contributed by atoms with Gasteiger partial charge in [0.1, 0.15) is 0 Å². The molecule has 1 amide bonds. The van der Waals surface area contributed by atoms with Crippen molar-refractivity contribution in [2.75, 3.05) is 19.6 Å². The van der Waals surface area contributed by atoms with E-state index in [9.17, 15) is 4.79 Å². The first-order chi connectivity index (χ1) is 12.7. The molecule has 1 heterocycles. The second-order valence-corrected chi connectivity index (χ2v) is 7.21. The number of hydrogen-bond donors (Lipinski definition) is 2. The van der Waals surface area contributed by atoms with Crippen LogP contribution in [-0.2, 0) is 10.2 Å². The fraction of sp³-hybridized carbons (Fsp3) is 0.409. The zero-order valence-corrected chi connectivity index (χ0v) is 15.3. The molecule has 2 aromatic rings. The first kappa shape index (κ1) is 18.6. The van der Waals surface area contributed by atoms with Gasteiger partial charge in [-0.1, -0.05) is 60.7 Å². The molecular weight excluding hydrogens is 322 g/mol. The van der Waals surface area contributed by atoms with E-state index < -0.39 is 6.04 Å². The van der Waals surface area contributed by atoms with E-state index in [2.05, 4.69) is 48.5 Å². The predicted octanol–water partition coefficient (Wildman–Crippen LogP) is 2.66. The summed E-state index contributed by atoms with van der Waals surface area (Å²) in [6.07, 6.45) is 3.43. The van der Waals surface area contributed by atoms with Gasteiger partial charge in [-0.3, -0.25) is 4.79 Å². The van der Waals surface area contributed by atoms with Gasteiger partial charge in [0.2, 0.25) is 5.91 Å². The van der Waals surface area contributed by atoms with Crippen LogP contribution in [0.5, 0.6) is 0 Å². The van der Waals surface area contributed by atoms with Crippen molar-refractivity contribution in [3.63, 3.8) is 0 Å². The Labute approximate surface area is 156 Å². The SMILES string of the molecule is NCCCC(N)C(=O)N1CCCC(c2ccccc2)(c2ccccc2)C1. The highest BCUT2D eigenvalue weighted by atomic mass is 16.2. The van der Waals surface area contributed by atoms with E-state index >= 15 is 0 Å². The number of nitrogens with two attached hydrogens (primary N) is 2. The molecule has 0 bridgehead atoms. The van der Waals surface area contributed by atoms with E-state index in [-0.39, 0.29) is 11.3 Å². The minimum Gasteiger partial charge on any atom is -0.340 e. The molecule has 1 fully saturated rings. The largest absolute Gasteiger partial charge is 0.340 e. The fourth-order valence-electron chi connectivity index (χ4n) is 4.09. The molecule has 1 saturated heterocycles. The summed E-state index contributed by atoms with van der Waals surface area (Å²) in [7, 11) is 0. The van der Waals surface area contributed by atoms with E-state index in [1.54, 1.807) is 0 Å². The van der Waals surface area contributed by atoms with Crippen LogP contribution in [0.2, 0.25) is 0 Å². The second-order valence-electron chi connectivity index (χ2n) is 7.21. The Morgan fingerprint density at radius 1 is 1.04 bits per heavy atom. The average molecular weight is 351 g/mol. The molecule has 1 unspecified atom stereocenters. The number of rotatable bonds is 6. The van der Waals surface area contributed by atoms with Crippen molar-refractivity contribution in [1.29, 1.82) is 0 Å². The lowest BCUT2D eigenvalue weighted by atomic mass is 9.69. The van der Waals surface area contributed by atoms with Crippen molar-refractivity contribution in [3.05, 3.63) is 71.8 Å². The van der Waals surface area contributed by atoms with Gasteiger partial charge < -0.3 is 16.4 Å². The van der Waals surface area contributed by atoms with E-state index in [0.29, 0.717) is 19.5 Å². The lowest BCUT2D eigenvalue weighted by Gasteiger charge is -2.44. The van der Waals surface area contributed by atoms with E-state index in [4.69, 9.17) is 11.5 Å². The molecular formula is C22H29N3O. The van der Waals surface area contributed by atoms with Gasteiger partial charge in [-0.25, -0.2) is 0 Å². The number of carbonyl (C=O) groups excluding carboxylic acids is 1. The summed E-state index contributed by atoms with van der Waals surface area (Å²) in [5, 5.41) is 0. The van der Waals surface area contributed by atoms with Crippen LogP contribution in [0.15, 0.2) is 60.7 Å². The number of likely N-dealkylation sites (tertiary alicyclic amines) is 1. The van der Waals surface area contributed by atoms with Crippen molar-refractivity contribution >= 4 is 5.91 Å². The lowest BCUT2D eigenvalue weighted by molar-refractivity contribution is -0.134. The maximum Gasteiger partial charge on any atom is 0.239 e. The third-order valence-electron chi connectivity index (χ3n) is 5.49. The van der Waals surface area contributed by atoms with Crippen LogP contribution in [0.3, 0.4) is 0 Å². The number of nitrogens with zero attached hydrogens (tertiary/aromatic N) is 1. The zero-order valence-electron chi connectivity index (χ0n) is 15.3. The smallest absolute Gasteiger partial charge is 0.239 e. The fourth-order valence-corrected chi connectivity index (χ4v) is 4.09. The monoisotopic (exact) mass is 351 g/mol. The van der Waals surface area contributed by atoms with Crippen molar-refractivity contribution in [2.45, 2.75) is 37.1 Å². The lowest BCUT2D eigenvalue weighted by Crippen LogP contribution is -2.53. The van der Waals surface area contributed by atoms with Gasteiger partial charge in [-0.05, 0) is 43.4 Å². The number of amides is 1. The first-order valence-electron chi connectivity index (χ1n) is 9.53. The van der Waals surface area contributed by atoms with Crippen LogP contribution in [-0.4, -0.2) is 36.5 Å². The molecule has 1 aliphatic heterocycles.